The van der Waals surface area contributed by atoms with E-state index in [1.54, 1.807) is 44.2 Å². The van der Waals surface area contributed by atoms with E-state index in [0.29, 0.717) is 28.1 Å². The van der Waals surface area contributed by atoms with Crippen LogP contribution in [0.1, 0.15) is 21.5 Å². The van der Waals surface area contributed by atoms with Gasteiger partial charge in [-0.3, -0.25) is 4.79 Å². The molecule has 19 heavy (non-hydrogen) atoms. The molecule has 2 aromatic carbocycles. The highest BCUT2D eigenvalue weighted by Crippen LogP contribution is 2.20. The predicted molar refractivity (Wildman–Crippen MR) is 74.7 cm³/mol. The summed E-state index contributed by atoms with van der Waals surface area (Å²) in [7, 11) is 0. The van der Waals surface area contributed by atoms with Crippen molar-refractivity contribution in [2.24, 2.45) is 0 Å². The van der Waals surface area contributed by atoms with Gasteiger partial charge in [-0.2, -0.15) is 0 Å². The number of carbonyl (C=O) groups is 1. The summed E-state index contributed by atoms with van der Waals surface area (Å²) in [5, 5.41) is 2.70. The molecule has 3 nitrogen and oxygen atoms in total. The maximum Gasteiger partial charge on any atom is 0.256 e. The molecule has 3 N–H and O–H groups in total. The molecule has 2 rings (SSSR count). The number of rotatable bonds is 2. The minimum absolute atomic E-state index is 0.293. The molecule has 0 aliphatic carbocycles. The Morgan fingerprint density at radius 2 is 1.79 bits per heavy atom. The summed E-state index contributed by atoms with van der Waals surface area (Å²) in [5.41, 5.74) is 8.41. The summed E-state index contributed by atoms with van der Waals surface area (Å²) in [4.78, 5) is 12.2. The number of nitrogens with one attached hydrogen (secondary N) is 1. The molecule has 4 heteroatoms. The van der Waals surface area contributed by atoms with E-state index in [0.717, 1.165) is 0 Å². The number of halogens is 1. The van der Waals surface area contributed by atoms with E-state index in [1.807, 2.05) is 0 Å². The van der Waals surface area contributed by atoms with Crippen LogP contribution >= 0.6 is 0 Å². The van der Waals surface area contributed by atoms with Gasteiger partial charge < -0.3 is 11.1 Å². The molecule has 0 aliphatic rings. The van der Waals surface area contributed by atoms with E-state index < -0.39 is 0 Å². The quantitative estimate of drug-likeness (QED) is 0.812. The molecule has 0 bridgehead atoms. The molecule has 2 aromatic rings. The fraction of sp³-hybridized carbons (Fsp3) is 0.133. The van der Waals surface area contributed by atoms with Gasteiger partial charge in [0.15, 0.2) is 0 Å². The lowest BCUT2D eigenvalue weighted by Gasteiger charge is -2.11. The highest BCUT2D eigenvalue weighted by atomic mass is 19.1. The Morgan fingerprint density at radius 1 is 1.11 bits per heavy atom. The van der Waals surface area contributed by atoms with Crippen molar-refractivity contribution in [3.8, 4) is 0 Å². The largest absolute Gasteiger partial charge is 0.398 e. The van der Waals surface area contributed by atoms with Crippen molar-refractivity contribution in [2.75, 3.05) is 11.1 Å². The van der Waals surface area contributed by atoms with E-state index in [1.165, 1.54) is 6.07 Å². The van der Waals surface area contributed by atoms with Crippen LogP contribution in [0.2, 0.25) is 0 Å². The first kappa shape index (κ1) is 13.1. The molecule has 0 saturated carbocycles. The van der Waals surface area contributed by atoms with Crippen LogP contribution in [0.3, 0.4) is 0 Å². The Balaban J connectivity index is 2.31. The molecule has 0 spiro atoms. The average molecular weight is 258 g/mol. The van der Waals surface area contributed by atoms with E-state index in [-0.39, 0.29) is 11.7 Å². The second-order valence-corrected chi connectivity index (χ2v) is 4.39. The molecule has 98 valence electrons. The van der Waals surface area contributed by atoms with Gasteiger partial charge in [0, 0.05) is 22.5 Å². The van der Waals surface area contributed by atoms with Crippen molar-refractivity contribution in [1.29, 1.82) is 0 Å². The maximum atomic E-state index is 13.4. The van der Waals surface area contributed by atoms with Crippen LogP contribution in [0.4, 0.5) is 15.8 Å². The monoisotopic (exact) mass is 258 g/mol. The standard InChI is InChI=1S/C15H15FN2O/c1-9-11(5-3-7-13(9)17)15(19)18-14-8-4-6-12(16)10(14)2/h3-8H,17H2,1-2H3,(H,18,19). The van der Waals surface area contributed by atoms with Gasteiger partial charge in [0.25, 0.3) is 5.91 Å². The minimum Gasteiger partial charge on any atom is -0.398 e. The molecular formula is C15H15FN2O. The third-order valence-electron chi connectivity index (χ3n) is 3.14. The van der Waals surface area contributed by atoms with Gasteiger partial charge in [-0.05, 0) is 43.7 Å². The first-order valence-corrected chi connectivity index (χ1v) is 5.92. The van der Waals surface area contributed by atoms with Crippen LogP contribution in [-0.2, 0) is 0 Å². The molecule has 1 amide bonds. The molecule has 0 atom stereocenters. The van der Waals surface area contributed by atoms with Crippen LogP contribution in [-0.4, -0.2) is 5.91 Å². The molecule has 0 radical (unpaired) electrons. The zero-order chi connectivity index (χ0) is 14.0. The highest BCUT2D eigenvalue weighted by Gasteiger charge is 2.12. The minimum atomic E-state index is -0.345. The van der Waals surface area contributed by atoms with Crippen LogP contribution < -0.4 is 11.1 Å². The highest BCUT2D eigenvalue weighted by molar-refractivity contribution is 6.06. The third kappa shape index (κ3) is 2.57. The fourth-order valence-corrected chi connectivity index (χ4v) is 1.83. The SMILES string of the molecule is Cc1c(F)cccc1NC(=O)c1cccc(N)c1C. The van der Waals surface area contributed by atoms with Crippen molar-refractivity contribution < 1.29 is 9.18 Å². The average Bonchev–Trinajstić information content (AvgIpc) is 2.38. The lowest BCUT2D eigenvalue weighted by molar-refractivity contribution is 0.102. The fourth-order valence-electron chi connectivity index (χ4n) is 1.83. The van der Waals surface area contributed by atoms with Crippen molar-refractivity contribution in [1.82, 2.24) is 0 Å². The molecule has 0 aliphatic heterocycles. The molecule has 0 heterocycles. The normalized spacial score (nSPS) is 10.3. The first-order chi connectivity index (χ1) is 9.00. The number of carbonyl (C=O) groups excluding carboxylic acids is 1. The van der Waals surface area contributed by atoms with Crippen LogP contribution in [0.5, 0.6) is 0 Å². The zero-order valence-electron chi connectivity index (χ0n) is 10.8. The van der Waals surface area contributed by atoms with E-state index in [4.69, 9.17) is 5.73 Å². The van der Waals surface area contributed by atoms with Gasteiger partial charge in [0.1, 0.15) is 5.82 Å². The van der Waals surface area contributed by atoms with Crippen molar-refractivity contribution in [2.45, 2.75) is 13.8 Å². The third-order valence-corrected chi connectivity index (χ3v) is 3.14. The maximum absolute atomic E-state index is 13.4. The van der Waals surface area contributed by atoms with Gasteiger partial charge in [0.2, 0.25) is 0 Å². The summed E-state index contributed by atoms with van der Waals surface area (Å²) in [6.45, 7) is 3.40. The van der Waals surface area contributed by atoms with Gasteiger partial charge in [-0.1, -0.05) is 12.1 Å². The van der Waals surface area contributed by atoms with Crippen molar-refractivity contribution >= 4 is 17.3 Å². The van der Waals surface area contributed by atoms with Crippen LogP contribution in [0, 0.1) is 19.7 Å². The Morgan fingerprint density at radius 3 is 2.53 bits per heavy atom. The van der Waals surface area contributed by atoms with Crippen LogP contribution in [0.25, 0.3) is 0 Å². The van der Waals surface area contributed by atoms with Gasteiger partial charge in [-0.15, -0.1) is 0 Å². The topological polar surface area (TPSA) is 55.1 Å². The summed E-state index contributed by atoms with van der Waals surface area (Å²) in [5.74, 6) is -0.638. The van der Waals surface area contributed by atoms with Crippen molar-refractivity contribution in [3.05, 3.63) is 58.9 Å². The van der Waals surface area contributed by atoms with Crippen LogP contribution in [0.15, 0.2) is 36.4 Å². The Labute approximate surface area is 111 Å². The summed E-state index contributed by atoms with van der Waals surface area (Å²) >= 11 is 0. The molecule has 0 fully saturated rings. The Hall–Kier alpha value is -2.36. The number of benzene rings is 2. The summed E-state index contributed by atoms with van der Waals surface area (Å²) in [6, 6.07) is 9.73. The van der Waals surface area contributed by atoms with E-state index in [9.17, 15) is 9.18 Å². The molecule has 0 unspecified atom stereocenters. The number of amides is 1. The number of anilines is 2. The van der Waals surface area contributed by atoms with E-state index >= 15 is 0 Å². The van der Waals surface area contributed by atoms with Crippen molar-refractivity contribution in [3.63, 3.8) is 0 Å². The van der Waals surface area contributed by atoms with Gasteiger partial charge in [-0.25, -0.2) is 4.39 Å². The smallest absolute Gasteiger partial charge is 0.256 e. The second kappa shape index (κ2) is 5.10. The summed E-state index contributed by atoms with van der Waals surface area (Å²) < 4.78 is 13.4. The Kier molecular flexibility index (Phi) is 3.51. The lowest BCUT2D eigenvalue weighted by Crippen LogP contribution is -2.15. The molecule has 0 aromatic heterocycles. The number of hydrogen-bond acceptors (Lipinski definition) is 2. The number of hydrogen-bond donors (Lipinski definition) is 2. The molecule has 0 saturated heterocycles. The second-order valence-electron chi connectivity index (χ2n) is 4.39. The first-order valence-electron chi connectivity index (χ1n) is 5.92. The van der Waals surface area contributed by atoms with Gasteiger partial charge in [0.05, 0.1) is 0 Å². The summed E-state index contributed by atoms with van der Waals surface area (Å²) in [6.07, 6.45) is 0. The Bertz CT molecular complexity index is 638. The zero-order valence-corrected chi connectivity index (χ0v) is 10.8. The number of nitrogens with two attached hydrogens (primary N) is 1. The van der Waals surface area contributed by atoms with Gasteiger partial charge >= 0.3 is 0 Å². The lowest BCUT2D eigenvalue weighted by atomic mass is 10.1. The molecular weight excluding hydrogens is 243 g/mol. The predicted octanol–water partition coefficient (Wildman–Crippen LogP) is 3.28. The number of nitrogen functional groups attached to an aromatic ring is 1. The van der Waals surface area contributed by atoms with E-state index in [2.05, 4.69) is 5.32 Å².